The first-order valence-electron chi connectivity index (χ1n) is 9.88. The molecule has 0 aliphatic carbocycles. The van der Waals surface area contributed by atoms with E-state index in [1.807, 2.05) is 6.92 Å². The van der Waals surface area contributed by atoms with Crippen molar-refractivity contribution >= 4 is 11.9 Å². The number of esters is 2. The van der Waals surface area contributed by atoms with Crippen LogP contribution >= 0.6 is 0 Å². The summed E-state index contributed by atoms with van der Waals surface area (Å²) in [6, 6.07) is 0. The van der Waals surface area contributed by atoms with Crippen molar-refractivity contribution in [1.29, 1.82) is 0 Å². The zero-order valence-corrected chi connectivity index (χ0v) is 16.1. The Kier molecular flexibility index (Phi) is 5.16. The molecule has 3 rings (SSSR count). The van der Waals surface area contributed by atoms with Crippen molar-refractivity contribution in [2.45, 2.75) is 91.1 Å². The third-order valence-electron chi connectivity index (χ3n) is 6.77. The van der Waals surface area contributed by atoms with Crippen molar-refractivity contribution in [2.75, 3.05) is 0 Å². The summed E-state index contributed by atoms with van der Waals surface area (Å²) in [7, 11) is 0. The predicted molar refractivity (Wildman–Crippen MR) is 92.8 cm³/mol. The van der Waals surface area contributed by atoms with Gasteiger partial charge >= 0.3 is 11.9 Å². The molecule has 25 heavy (non-hydrogen) atoms. The molecule has 8 unspecified atom stereocenters. The molecular weight excluding hydrogens is 320 g/mol. The Labute approximate surface area is 150 Å². The summed E-state index contributed by atoms with van der Waals surface area (Å²) in [5.41, 5.74) is -0.519. The van der Waals surface area contributed by atoms with Gasteiger partial charge in [-0.25, -0.2) is 0 Å². The van der Waals surface area contributed by atoms with Gasteiger partial charge < -0.3 is 14.2 Å². The number of carbonyl (C=O) groups excluding carboxylic acids is 2. The molecule has 0 amide bonds. The highest BCUT2D eigenvalue weighted by Gasteiger charge is 2.65. The lowest BCUT2D eigenvalue weighted by Gasteiger charge is -2.37. The van der Waals surface area contributed by atoms with Crippen LogP contribution in [0, 0.1) is 23.2 Å². The summed E-state index contributed by atoms with van der Waals surface area (Å²) in [6.07, 6.45) is 3.26. The van der Waals surface area contributed by atoms with Crippen molar-refractivity contribution in [3.05, 3.63) is 0 Å². The minimum absolute atomic E-state index is 0.157. The van der Waals surface area contributed by atoms with Gasteiger partial charge in [-0.15, -0.1) is 0 Å². The van der Waals surface area contributed by atoms with E-state index in [4.69, 9.17) is 14.2 Å². The van der Waals surface area contributed by atoms with Gasteiger partial charge in [0, 0.05) is 0 Å². The summed E-state index contributed by atoms with van der Waals surface area (Å²) in [5, 5.41) is 0. The molecule has 8 atom stereocenters. The van der Waals surface area contributed by atoms with E-state index in [1.165, 1.54) is 0 Å². The average Bonchev–Trinajstić information content (AvgIpc) is 3.19. The van der Waals surface area contributed by atoms with E-state index in [0.29, 0.717) is 12.3 Å². The first-order valence-corrected chi connectivity index (χ1v) is 9.88. The third-order valence-corrected chi connectivity index (χ3v) is 6.77. The molecule has 0 radical (unpaired) electrons. The van der Waals surface area contributed by atoms with Crippen molar-refractivity contribution < 1.29 is 23.8 Å². The van der Waals surface area contributed by atoms with Crippen molar-refractivity contribution in [3.63, 3.8) is 0 Å². The second-order valence-corrected chi connectivity index (χ2v) is 8.58. The lowest BCUT2D eigenvalue weighted by Crippen LogP contribution is -2.45. The van der Waals surface area contributed by atoms with Gasteiger partial charge in [0.05, 0.1) is 17.4 Å². The molecule has 5 heteroatoms. The van der Waals surface area contributed by atoms with Crippen molar-refractivity contribution in [2.24, 2.45) is 23.2 Å². The van der Waals surface area contributed by atoms with Gasteiger partial charge in [-0.05, 0) is 38.0 Å². The number of carbonyl (C=O) groups is 2. The zero-order valence-electron chi connectivity index (χ0n) is 16.1. The standard InChI is InChI=1S/C20H32O5/c1-6-8-12(4)20(5,10-11(3)7-2)19(22)25-16-14-9-13-15(23-14)17(16)24-18(13)21/h11-17H,6-10H2,1-5H3. The van der Waals surface area contributed by atoms with Gasteiger partial charge in [0.25, 0.3) is 0 Å². The molecule has 5 nitrogen and oxygen atoms in total. The monoisotopic (exact) mass is 352 g/mol. The van der Waals surface area contributed by atoms with Crippen LogP contribution in [0.5, 0.6) is 0 Å². The van der Waals surface area contributed by atoms with E-state index >= 15 is 0 Å². The Balaban J connectivity index is 1.73. The Bertz CT molecular complexity index is 532. The molecule has 0 saturated carbocycles. The maximum absolute atomic E-state index is 13.2. The second-order valence-electron chi connectivity index (χ2n) is 8.58. The SMILES string of the molecule is CCCC(C)C(C)(CC(C)CC)C(=O)OC1C2CC3C(=O)OC1C3O2. The van der Waals surface area contributed by atoms with E-state index in [-0.39, 0.29) is 36.0 Å². The number of fused-ring (bicyclic) bond motifs is 1. The minimum Gasteiger partial charge on any atom is -0.455 e. The van der Waals surface area contributed by atoms with Crippen LogP contribution in [0.15, 0.2) is 0 Å². The Morgan fingerprint density at radius 2 is 2.04 bits per heavy atom. The lowest BCUT2D eigenvalue weighted by atomic mass is 9.70. The van der Waals surface area contributed by atoms with Gasteiger partial charge in [0.1, 0.15) is 6.10 Å². The predicted octanol–water partition coefficient (Wildman–Crippen LogP) is 3.49. The molecule has 3 heterocycles. The van der Waals surface area contributed by atoms with E-state index in [0.717, 1.165) is 25.7 Å². The van der Waals surface area contributed by atoms with Gasteiger partial charge in [-0.1, -0.05) is 40.5 Å². The van der Waals surface area contributed by atoms with Crippen LogP contribution < -0.4 is 0 Å². The van der Waals surface area contributed by atoms with Crippen molar-refractivity contribution in [1.82, 2.24) is 0 Å². The minimum atomic E-state index is -0.519. The quantitative estimate of drug-likeness (QED) is 0.626. The van der Waals surface area contributed by atoms with Crippen LogP contribution in [-0.4, -0.2) is 36.4 Å². The summed E-state index contributed by atoms with van der Waals surface area (Å²) in [5.74, 6) is 0.196. The fourth-order valence-corrected chi connectivity index (χ4v) is 4.75. The van der Waals surface area contributed by atoms with E-state index in [1.54, 1.807) is 0 Å². The van der Waals surface area contributed by atoms with Crippen LogP contribution in [-0.2, 0) is 23.8 Å². The smallest absolute Gasteiger partial charge is 0.312 e. The zero-order chi connectivity index (χ0) is 18.4. The van der Waals surface area contributed by atoms with Crippen LogP contribution in [0.4, 0.5) is 0 Å². The molecule has 3 aliphatic rings. The number of rotatable bonds is 8. The molecule has 3 saturated heterocycles. The van der Waals surface area contributed by atoms with Gasteiger partial charge in [-0.3, -0.25) is 9.59 Å². The van der Waals surface area contributed by atoms with Gasteiger partial charge in [-0.2, -0.15) is 0 Å². The third kappa shape index (κ3) is 3.09. The molecule has 0 aromatic carbocycles. The number of hydrogen-bond donors (Lipinski definition) is 0. The molecule has 0 aromatic heterocycles. The Hall–Kier alpha value is -1.10. The highest BCUT2D eigenvalue weighted by atomic mass is 16.7. The van der Waals surface area contributed by atoms with Crippen LogP contribution in [0.25, 0.3) is 0 Å². The molecular formula is C20H32O5. The Morgan fingerprint density at radius 1 is 1.32 bits per heavy atom. The average molecular weight is 352 g/mol. The van der Waals surface area contributed by atoms with E-state index in [9.17, 15) is 9.59 Å². The summed E-state index contributed by atoms with van der Waals surface area (Å²) in [4.78, 5) is 25.1. The first-order chi connectivity index (χ1) is 11.8. The molecule has 2 bridgehead atoms. The Morgan fingerprint density at radius 3 is 2.68 bits per heavy atom. The summed E-state index contributed by atoms with van der Waals surface area (Å²) >= 11 is 0. The highest BCUT2D eigenvalue weighted by Crippen LogP contribution is 2.48. The van der Waals surface area contributed by atoms with Crippen LogP contribution in [0.1, 0.15) is 66.7 Å². The molecule has 3 fully saturated rings. The highest BCUT2D eigenvalue weighted by molar-refractivity contribution is 5.79. The summed E-state index contributed by atoms with van der Waals surface area (Å²) in [6.45, 7) is 10.7. The second kappa shape index (κ2) is 6.90. The van der Waals surface area contributed by atoms with E-state index < -0.39 is 17.6 Å². The van der Waals surface area contributed by atoms with Crippen molar-refractivity contribution in [3.8, 4) is 0 Å². The normalized spacial score (nSPS) is 37.5. The maximum Gasteiger partial charge on any atom is 0.312 e. The number of hydrogen-bond acceptors (Lipinski definition) is 5. The maximum atomic E-state index is 13.2. The molecule has 142 valence electrons. The molecule has 0 N–H and O–H groups in total. The molecule has 0 spiro atoms. The van der Waals surface area contributed by atoms with Gasteiger partial charge in [0.15, 0.2) is 12.2 Å². The van der Waals surface area contributed by atoms with Crippen LogP contribution in [0.2, 0.25) is 0 Å². The lowest BCUT2D eigenvalue weighted by molar-refractivity contribution is -0.174. The molecule has 0 aromatic rings. The van der Waals surface area contributed by atoms with Gasteiger partial charge in [0.2, 0.25) is 0 Å². The molecule has 3 aliphatic heterocycles. The number of ether oxygens (including phenoxy) is 3. The first kappa shape index (κ1) is 18.7. The summed E-state index contributed by atoms with van der Waals surface area (Å²) < 4.78 is 17.2. The largest absolute Gasteiger partial charge is 0.455 e. The topological polar surface area (TPSA) is 61.8 Å². The van der Waals surface area contributed by atoms with E-state index in [2.05, 4.69) is 27.7 Å². The van der Waals surface area contributed by atoms with Crippen LogP contribution in [0.3, 0.4) is 0 Å². The fourth-order valence-electron chi connectivity index (χ4n) is 4.75. The fraction of sp³-hybridized carbons (Fsp3) is 0.900.